The zero-order valence-corrected chi connectivity index (χ0v) is 13.9. The number of ketones is 1. The summed E-state index contributed by atoms with van der Waals surface area (Å²) in [5.74, 6) is 1.03. The minimum absolute atomic E-state index is 0.0501. The number of oxazole rings is 1. The van der Waals surface area contributed by atoms with Gasteiger partial charge in [-0.15, -0.1) is 0 Å². The minimum Gasteiger partial charge on any atom is -0.439 e. The van der Waals surface area contributed by atoms with Gasteiger partial charge in [-0.05, 0) is 24.1 Å². The number of benzene rings is 1. The molecule has 0 radical (unpaired) electrons. The van der Waals surface area contributed by atoms with Crippen LogP contribution in [-0.2, 0) is 22.4 Å². The molecule has 0 aliphatic rings. The predicted molar refractivity (Wildman–Crippen MR) is 94.0 cm³/mol. The van der Waals surface area contributed by atoms with Gasteiger partial charge < -0.3 is 9.15 Å². The van der Waals surface area contributed by atoms with Crippen LogP contribution < -0.4 is 0 Å². The summed E-state index contributed by atoms with van der Waals surface area (Å²) in [6, 6.07) is 15.7. The lowest BCUT2D eigenvalue weighted by atomic mass is 10.2. The van der Waals surface area contributed by atoms with Crippen LogP contribution in [0.15, 0.2) is 65.3 Å². The van der Waals surface area contributed by atoms with E-state index in [9.17, 15) is 4.79 Å². The van der Waals surface area contributed by atoms with E-state index in [1.54, 1.807) is 12.4 Å². The average molecular weight is 336 g/mol. The van der Waals surface area contributed by atoms with Crippen LogP contribution >= 0.6 is 0 Å². The van der Waals surface area contributed by atoms with Crippen molar-refractivity contribution in [2.24, 2.45) is 0 Å². The fraction of sp³-hybridized carbons (Fsp3) is 0.250. The molecular formula is C20H20N2O3. The van der Waals surface area contributed by atoms with Crippen molar-refractivity contribution in [2.45, 2.75) is 19.3 Å². The molecule has 1 aromatic carbocycles. The van der Waals surface area contributed by atoms with Gasteiger partial charge >= 0.3 is 0 Å². The molecule has 3 rings (SSSR count). The van der Waals surface area contributed by atoms with Crippen molar-refractivity contribution < 1.29 is 13.9 Å². The molecule has 2 heterocycles. The Balaban J connectivity index is 1.37. The molecule has 0 aliphatic heterocycles. The van der Waals surface area contributed by atoms with Gasteiger partial charge in [0.05, 0.1) is 25.8 Å². The van der Waals surface area contributed by atoms with Gasteiger partial charge in [0.2, 0.25) is 5.89 Å². The fourth-order valence-electron chi connectivity index (χ4n) is 2.40. The molecule has 0 aliphatic carbocycles. The number of carbonyl (C=O) groups is 1. The van der Waals surface area contributed by atoms with E-state index in [0.29, 0.717) is 37.0 Å². The first-order chi connectivity index (χ1) is 12.3. The summed E-state index contributed by atoms with van der Waals surface area (Å²) < 4.78 is 11.1. The maximum Gasteiger partial charge on any atom is 0.202 e. The van der Waals surface area contributed by atoms with E-state index in [2.05, 4.69) is 22.1 Å². The van der Waals surface area contributed by atoms with E-state index >= 15 is 0 Å². The summed E-state index contributed by atoms with van der Waals surface area (Å²) in [5, 5.41) is 0. The number of aromatic nitrogens is 2. The Bertz CT molecular complexity index is 785. The highest BCUT2D eigenvalue weighted by Crippen LogP contribution is 2.17. The van der Waals surface area contributed by atoms with Crippen LogP contribution in [0.3, 0.4) is 0 Å². The third kappa shape index (κ3) is 5.36. The SMILES string of the molecule is O=C(CCOCCc1ccccc1)Cc1ncc(-c2ccccn2)o1. The number of hydrogen-bond donors (Lipinski definition) is 0. The van der Waals surface area contributed by atoms with Crippen molar-refractivity contribution >= 4 is 5.78 Å². The number of carbonyl (C=O) groups excluding carboxylic acids is 1. The highest BCUT2D eigenvalue weighted by Gasteiger charge is 2.11. The van der Waals surface area contributed by atoms with E-state index in [0.717, 1.165) is 6.42 Å². The van der Waals surface area contributed by atoms with E-state index in [4.69, 9.17) is 9.15 Å². The number of Topliss-reactive ketones (excluding diaryl/α,β-unsaturated/α-hetero) is 1. The van der Waals surface area contributed by atoms with Gasteiger partial charge in [-0.2, -0.15) is 0 Å². The zero-order chi connectivity index (χ0) is 17.3. The summed E-state index contributed by atoms with van der Waals surface area (Å²) in [4.78, 5) is 20.3. The molecule has 128 valence electrons. The van der Waals surface area contributed by atoms with E-state index in [-0.39, 0.29) is 12.2 Å². The van der Waals surface area contributed by atoms with Crippen molar-refractivity contribution in [1.29, 1.82) is 0 Å². The van der Waals surface area contributed by atoms with Gasteiger partial charge in [-0.1, -0.05) is 36.4 Å². The zero-order valence-electron chi connectivity index (χ0n) is 13.9. The average Bonchev–Trinajstić information content (AvgIpc) is 3.11. The summed E-state index contributed by atoms with van der Waals surface area (Å²) >= 11 is 0. The second kappa shape index (κ2) is 8.89. The van der Waals surface area contributed by atoms with Crippen molar-refractivity contribution in [3.63, 3.8) is 0 Å². The highest BCUT2D eigenvalue weighted by atomic mass is 16.5. The quantitative estimate of drug-likeness (QED) is 0.560. The lowest BCUT2D eigenvalue weighted by Crippen LogP contribution is -2.08. The second-order valence-corrected chi connectivity index (χ2v) is 5.65. The highest BCUT2D eigenvalue weighted by molar-refractivity contribution is 5.80. The molecule has 0 spiro atoms. The molecule has 0 unspecified atom stereocenters. The number of hydrogen-bond acceptors (Lipinski definition) is 5. The minimum atomic E-state index is 0.0501. The number of rotatable bonds is 9. The molecule has 25 heavy (non-hydrogen) atoms. The Morgan fingerprint density at radius 1 is 1.00 bits per heavy atom. The maximum absolute atomic E-state index is 12.0. The summed E-state index contributed by atoms with van der Waals surface area (Å²) in [7, 11) is 0. The molecule has 0 N–H and O–H groups in total. The Labute approximate surface area is 146 Å². The molecule has 2 aromatic heterocycles. The first kappa shape index (κ1) is 17.0. The number of pyridine rings is 1. The Hall–Kier alpha value is -2.79. The first-order valence-electron chi connectivity index (χ1n) is 8.31. The van der Waals surface area contributed by atoms with Crippen LogP contribution in [0.25, 0.3) is 11.5 Å². The molecule has 0 saturated heterocycles. The summed E-state index contributed by atoms with van der Waals surface area (Å²) in [6.07, 6.45) is 4.67. The van der Waals surface area contributed by atoms with Crippen LogP contribution in [0, 0.1) is 0 Å². The largest absolute Gasteiger partial charge is 0.439 e. The van der Waals surface area contributed by atoms with Crippen LogP contribution in [0.4, 0.5) is 0 Å². The molecular weight excluding hydrogens is 316 g/mol. The second-order valence-electron chi connectivity index (χ2n) is 5.65. The number of ether oxygens (including phenoxy) is 1. The van der Waals surface area contributed by atoms with Gasteiger partial charge in [0.15, 0.2) is 5.76 Å². The Kier molecular flexibility index (Phi) is 6.06. The van der Waals surface area contributed by atoms with Gasteiger partial charge in [-0.3, -0.25) is 9.78 Å². The molecule has 0 atom stereocenters. The maximum atomic E-state index is 12.0. The van der Waals surface area contributed by atoms with Gasteiger partial charge in [-0.25, -0.2) is 4.98 Å². The summed E-state index contributed by atoms with van der Waals surface area (Å²) in [6.45, 7) is 1.03. The molecule has 5 heteroatoms. The molecule has 5 nitrogen and oxygen atoms in total. The van der Waals surface area contributed by atoms with Crippen LogP contribution in [0.5, 0.6) is 0 Å². The van der Waals surface area contributed by atoms with Crippen molar-refractivity contribution in [1.82, 2.24) is 9.97 Å². The van der Waals surface area contributed by atoms with Gasteiger partial charge in [0, 0.05) is 12.6 Å². The Morgan fingerprint density at radius 3 is 2.64 bits per heavy atom. The monoisotopic (exact) mass is 336 g/mol. The van der Waals surface area contributed by atoms with Crippen molar-refractivity contribution in [3.05, 3.63) is 72.4 Å². The molecule has 0 fully saturated rings. The van der Waals surface area contributed by atoms with E-state index in [1.807, 2.05) is 36.4 Å². The Morgan fingerprint density at radius 2 is 1.84 bits per heavy atom. The summed E-state index contributed by atoms with van der Waals surface area (Å²) in [5.41, 5.74) is 1.94. The van der Waals surface area contributed by atoms with Crippen LogP contribution in [-0.4, -0.2) is 29.0 Å². The third-order valence-corrected chi connectivity index (χ3v) is 3.72. The molecule has 0 bridgehead atoms. The first-order valence-corrected chi connectivity index (χ1v) is 8.31. The molecule has 0 saturated carbocycles. The predicted octanol–water partition coefficient (Wildman–Crippen LogP) is 3.50. The molecule has 0 amide bonds. The van der Waals surface area contributed by atoms with Crippen molar-refractivity contribution in [3.8, 4) is 11.5 Å². The third-order valence-electron chi connectivity index (χ3n) is 3.72. The van der Waals surface area contributed by atoms with E-state index in [1.165, 1.54) is 5.56 Å². The van der Waals surface area contributed by atoms with Crippen LogP contribution in [0.2, 0.25) is 0 Å². The van der Waals surface area contributed by atoms with E-state index < -0.39 is 0 Å². The van der Waals surface area contributed by atoms with Gasteiger partial charge in [0.1, 0.15) is 11.5 Å². The fourth-order valence-corrected chi connectivity index (χ4v) is 2.40. The molecule has 3 aromatic rings. The number of nitrogens with zero attached hydrogens (tertiary/aromatic N) is 2. The topological polar surface area (TPSA) is 65.2 Å². The van der Waals surface area contributed by atoms with Crippen molar-refractivity contribution in [2.75, 3.05) is 13.2 Å². The normalized spacial score (nSPS) is 10.7. The smallest absolute Gasteiger partial charge is 0.202 e. The van der Waals surface area contributed by atoms with Crippen LogP contribution in [0.1, 0.15) is 17.9 Å². The lowest BCUT2D eigenvalue weighted by Gasteiger charge is -2.03. The standard InChI is InChI=1S/C20H20N2O3/c23-17(10-13-24-12-9-16-6-2-1-3-7-16)14-20-22-15-19(25-20)18-8-4-5-11-21-18/h1-8,11,15H,9-10,12-14H2. The lowest BCUT2D eigenvalue weighted by molar-refractivity contribution is -0.119. The van der Waals surface area contributed by atoms with Gasteiger partial charge in [0.25, 0.3) is 0 Å².